The maximum Gasteiger partial charge on any atom is 0.165 e. The SMILES string of the molecule is COc1ccc(CC(=O)C2CCC(C)O2)cc1F. The zero-order valence-electron chi connectivity index (χ0n) is 10.6. The molecule has 4 heteroatoms. The number of rotatable bonds is 4. The number of Topliss-reactive ketones (excluding diaryl/α,β-unsaturated/α-hetero) is 1. The van der Waals surface area contributed by atoms with Gasteiger partial charge < -0.3 is 9.47 Å². The van der Waals surface area contributed by atoms with Gasteiger partial charge in [-0.15, -0.1) is 0 Å². The number of carbonyl (C=O) groups is 1. The zero-order valence-corrected chi connectivity index (χ0v) is 10.6. The van der Waals surface area contributed by atoms with Crippen molar-refractivity contribution in [3.63, 3.8) is 0 Å². The van der Waals surface area contributed by atoms with Crippen molar-refractivity contribution < 1.29 is 18.7 Å². The zero-order chi connectivity index (χ0) is 13.1. The van der Waals surface area contributed by atoms with Gasteiger partial charge in [0.15, 0.2) is 17.3 Å². The standard InChI is InChI=1S/C14H17FO3/c1-9-3-5-14(18-9)12(16)8-10-4-6-13(17-2)11(15)7-10/h4,6-7,9,14H,3,5,8H2,1-2H3. The number of ether oxygens (including phenoxy) is 2. The second kappa shape index (κ2) is 5.48. The van der Waals surface area contributed by atoms with E-state index in [1.807, 2.05) is 6.92 Å². The molecule has 0 amide bonds. The Kier molecular flexibility index (Phi) is 3.97. The number of hydrogen-bond donors (Lipinski definition) is 0. The highest BCUT2D eigenvalue weighted by Gasteiger charge is 2.27. The lowest BCUT2D eigenvalue weighted by atomic mass is 10.0. The molecular weight excluding hydrogens is 235 g/mol. The fourth-order valence-electron chi connectivity index (χ4n) is 2.17. The molecule has 0 aliphatic carbocycles. The molecule has 0 radical (unpaired) electrons. The van der Waals surface area contributed by atoms with Crippen LogP contribution in [0.3, 0.4) is 0 Å². The minimum atomic E-state index is -0.441. The molecule has 2 unspecified atom stereocenters. The number of benzene rings is 1. The average Bonchev–Trinajstić information content (AvgIpc) is 2.76. The summed E-state index contributed by atoms with van der Waals surface area (Å²) in [4.78, 5) is 11.9. The molecule has 1 heterocycles. The van der Waals surface area contributed by atoms with E-state index in [1.165, 1.54) is 19.2 Å². The first-order valence-electron chi connectivity index (χ1n) is 6.10. The van der Waals surface area contributed by atoms with Gasteiger partial charge in [0.2, 0.25) is 0 Å². The molecule has 1 aromatic rings. The lowest BCUT2D eigenvalue weighted by molar-refractivity contribution is -0.128. The van der Waals surface area contributed by atoms with Crippen molar-refractivity contribution in [1.29, 1.82) is 0 Å². The molecule has 1 aliphatic rings. The molecule has 0 saturated carbocycles. The maximum absolute atomic E-state index is 13.5. The van der Waals surface area contributed by atoms with Gasteiger partial charge in [-0.2, -0.15) is 0 Å². The van der Waals surface area contributed by atoms with Crippen LogP contribution in [-0.2, 0) is 16.0 Å². The maximum atomic E-state index is 13.5. The quantitative estimate of drug-likeness (QED) is 0.826. The Labute approximate surface area is 106 Å². The monoisotopic (exact) mass is 252 g/mol. The van der Waals surface area contributed by atoms with Crippen LogP contribution in [0.2, 0.25) is 0 Å². The van der Waals surface area contributed by atoms with E-state index in [0.717, 1.165) is 12.8 Å². The van der Waals surface area contributed by atoms with Gasteiger partial charge in [-0.1, -0.05) is 6.07 Å². The number of halogens is 1. The second-order valence-corrected chi connectivity index (χ2v) is 4.62. The van der Waals surface area contributed by atoms with E-state index in [0.29, 0.717) is 5.56 Å². The topological polar surface area (TPSA) is 35.5 Å². The normalized spacial score (nSPS) is 23.1. The van der Waals surface area contributed by atoms with Crippen LogP contribution in [0.1, 0.15) is 25.3 Å². The van der Waals surface area contributed by atoms with Crippen LogP contribution in [-0.4, -0.2) is 25.1 Å². The summed E-state index contributed by atoms with van der Waals surface area (Å²) in [7, 11) is 1.41. The van der Waals surface area contributed by atoms with Crippen molar-refractivity contribution in [3.8, 4) is 5.75 Å². The summed E-state index contributed by atoms with van der Waals surface area (Å²) in [6, 6.07) is 4.59. The van der Waals surface area contributed by atoms with Gasteiger partial charge in [0.05, 0.1) is 13.2 Å². The van der Waals surface area contributed by atoms with Gasteiger partial charge in [-0.25, -0.2) is 4.39 Å². The van der Waals surface area contributed by atoms with Crippen molar-refractivity contribution >= 4 is 5.78 Å². The van der Waals surface area contributed by atoms with Crippen LogP contribution < -0.4 is 4.74 Å². The lowest BCUT2D eigenvalue weighted by Gasteiger charge is -2.10. The third-order valence-corrected chi connectivity index (χ3v) is 3.19. The Morgan fingerprint density at radius 3 is 2.83 bits per heavy atom. The number of carbonyl (C=O) groups excluding carboxylic acids is 1. The van der Waals surface area contributed by atoms with Crippen molar-refractivity contribution in [3.05, 3.63) is 29.6 Å². The fourth-order valence-corrected chi connectivity index (χ4v) is 2.17. The van der Waals surface area contributed by atoms with E-state index in [1.54, 1.807) is 6.07 Å². The molecule has 98 valence electrons. The summed E-state index contributed by atoms with van der Waals surface area (Å²) in [5.41, 5.74) is 0.654. The minimum Gasteiger partial charge on any atom is -0.494 e. The van der Waals surface area contributed by atoms with Gasteiger partial charge in [0, 0.05) is 6.42 Å². The molecule has 0 aromatic heterocycles. The van der Waals surface area contributed by atoms with E-state index >= 15 is 0 Å². The van der Waals surface area contributed by atoms with Crippen LogP contribution in [0.15, 0.2) is 18.2 Å². The van der Waals surface area contributed by atoms with Crippen molar-refractivity contribution in [2.75, 3.05) is 7.11 Å². The highest BCUT2D eigenvalue weighted by atomic mass is 19.1. The van der Waals surface area contributed by atoms with Gasteiger partial charge in [-0.05, 0) is 37.5 Å². The average molecular weight is 252 g/mol. The number of hydrogen-bond acceptors (Lipinski definition) is 3. The third-order valence-electron chi connectivity index (χ3n) is 3.19. The van der Waals surface area contributed by atoms with Crippen LogP contribution >= 0.6 is 0 Å². The Morgan fingerprint density at radius 2 is 2.28 bits per heavy atom. The van der Waals surface area contributed by atoms with Gasteiger partial charge >= 0.3 is 0 Å². The Hall–Kier alpha value is -1.42. The van der Waals surface area contributed by atoms with Crippen molar-refractivity contribution in [1.82, 2.24) is 0 Å². The summed E-state index contributed by atoms with van der Waals surface area (Å²) in [6.07, 6.45) is 1.70. The van der Waals surface area contributed by atoms with Gasteiger partial charge in [-0.3, -0.25) is 4.79 Å². The van der Waals surface area contributed by atoms with E-state index in [-0.39, 0.29) is 30.2 Å². The van der Waals surface area contributed by atoms with Gasteiger partial charge in [0.1, 0.15) is 6.10 Å². The molecule has 18 heavy (non-hydrogen) atoms. The summed E-state index contributed by atoms with van der Waals surface area (Å²) >= 11 is 0. The Bertz CT molecular complexity index is 445. The molecule has 2 rings (SSSR count). The summed E-state index contributed by atoms with van der Waals surface area (Å²) in [5.74, 6) is -0.232. The molecule has 1 aliphatic heterocycles. The first kappa shape index (κ1) is 13.0. The third kappa shape index (κ3) is 2.88. The van der Waals surface area contributed by atoms with E-state index < -0.39 is 5.82 Å². The fraction of sp³-hybridized carbons (Fsp3) is 0.500. The Morgan fingerprint density at radius 1 is 1.50 bits per heavy atom. The van der Waals surface area contributed by atoms with Crippen LogP contribution in [0.25, 0.3) is 0 Å². The Balaban J connectivity index is 2.01. The van der Waals surface area contributed by atoms with Crippen LogP contribution in [0.4, 0.5) is 4.39 Å². The first-order valence-corrected chi connectivity index (χ1v) is 6.10. The largest absolute Gasteiger partial charge is 0.494 e. The highest BCUT2D eigenvalue weighted by Crippen LogP contribution is 2.22. The minimum absolute atomic E-state index is 0.0175. The van der Waals surface area contributed by atoms with Crippen LogP contribution in [0, 0.1) is 5.82 Å². The number of ketones is 1. The molecule has 0 bridgehead atoms. The van der Waals surface area contributed by atoms with E-state index in [4.69, 9.17) is 9.47 Å². The predicted molar refractivity (Wildman–Crippen MR) is 65.2 cm³/mol. The molecule has 3 nitrogen and oxygen atoms in total. The summed E-state index contributed by atoms with van der Waals surface area (Å²) in [5, 5.41) is 0. The molecule has 1 fully saturated rings. The predicted octanol–water partition coefficient (Wildman–Crippen LogP) is 2.51. The second-order valence-electron chi connectivity index (χ2n) is 4.62. The van der Waals surface area contributed by atoms with Crippen molar-refractivity contribution in [2.45, 2.75) is 38.4 Å². The number of methoxy groups -OCH3 is 1. The summed E-state index contributed by atoms with van der Waals surface area (Å²) < 4.78 is 23.8. The molecule has 0 spiro atoms. The highest BCUT2D eigenvalue weighted by molar-refractivity contribution is 5.85. The molecular formula is C14H17FO3. The first-order chi connectivity index (χ1) is 8.60. The lowest BCUT2D eigenvalue weighted by Crippen LogP contribution is -2.22. The summed E-state index contributed by atoms with van der Waals surface area (Å²) in [6.45, 7) is 1.96. The van der Waals surface area contributed by atoms with Gasteiger partial charge in [0.25, 0.3) is 0 Å². The molecule has 1 aromatic carbocycles. The van der Waals surface area contributed by atoms with E-state index in [2.05, 4.69) is 0 Å². The molecule has 0 N–H and O–H groups in total. The molecule has 2 atom stereocenters. The van der Waals surface area contributed by atoms with Crippen molar-refractivity contribution in [2.24, 2.45) is 0 Å². The smallest absolute Gasteiger partial charge is 0.165 e. The van der Waals surface area contributed by atoms with Crippen LogP contribution in [0.5, 0.6) is 5.75 Å². The van der Waals surface area contributed by atoms with E-state index in [9.17, 15) is 9.18 Å². The molecule has 1 saturated heterocycles.